The molecular weight excluding hydrogens is 382 g/mol. The summed E-state index contributed by atoms with van der Waals surface area (Å²) < 4.78 is 33.2. The molecule has 0 aliphatic heterocycles. The Kier molecular flexibility index (Phi) is 6.01. The number of hydrogen-bond acceptors (Lipinski definition) is 3. The highest BCUT2D eigenvalue weighted by atomic mass is 79.9. The SMILES string of the molecule is CO[C@H](C(=O)NCc1ccc(C#N)cc1)c1c(F)cc(Br)cc1F. The van der Waals surface area contributed by atoms with Gasteiger partial charge in [0.25, 0.3) is 5.91 Å². The fourth-order valence-corrected chi connectivity index (χ4v) is 2.54. The highest BCUT2D eigenvalue weighted by molar-refractivity contribution is 9.10. The van der Waals surface area contributed by atoms with Crippen LogP contribution in [0, 0.1) is 23.0 Å². The number of carbonyl (C=O) groups is 1. The number of halogens is 3. The van der Waals surface area contributed by atoms with Crippen molar-refractivity contribution in [2.24, 2.45) is 0 Å². The van der Waals surface area contributed by atoms with Crippen LogP contribution in [0.15, 0.2) is 40.9 Å². The number of nitrogens with one attached hydrogen (secondary N) is 1. The summed E-state index contributed by atoms with van der Waals surface area (Å²) in [5, 5.41) is 11.3. The van der Waals surface area contributed by atoms with E-state index in [4.69, 9.17) is 10.00 Å². The van der Waals surface area contributed by atoms with Crippen molar-refractivity contribution < 1.29 is 18.3 Å². The molecule has 0 spiro atoms. The van der Waals surface area contributed by atoms with Crippen molar-refractivity contribution in [1.82, 2.24) is 5.32 Å². The highest BCUT2D eigenvalue weighted by Crippen LogP contribution is 2.27. The molecule has 2 aromatic carbocycles. The third kappa shape index (κ3) is 4.16. The van der Waals surface area contributed by atoms with E-state index in [9.17, 15) is 13.6 Å². The normalized spacial score (nSPS) is 11.6. The molecule has 7 heteroatoms. The van der Waals surface area contributed by atoms with Crippen LogP contribution in [0.1, 0.15) is 22.8 Å². The Morgan fingerprint density at radius 2 is 1.88 bits per heavy atom. The maximum absolute atomic E-state index is 14.0. The van der Waals surface area contributed by atoms with Crippen LogP contribution in [-0.2, 0) is 16.1 Å². The molecular formula is C17H13BrF2N2O2. The first-order valence-electron chi connectivity index (χ1n) is 6.90. The van der Waals surface area contributed by atoms with Crippen molar-refractivity contribution in [3.63, 3.8) is 0 Å². The quantitative estimate of drug-likeness (QED) is 0.842. The molecule has 4 nitrogen and oxygen atoms in total. The van der Waals surface area contributed by atoms with Gasteiger partial charge in [-0.2, -0.15) is 5.26 Å². The minimum atomic E-state index is -1.41. The molecule has 1 amide bonds. The number of rotatable bonds is 5. The van der Waals surface area contributed by atoms with Gasteiger partial charge in [0.1, 0.15) is 11.6 Å². The average Bonchev–Trinajstić information content (AvgIpc) is 2.56. The first-order valence-corrected chi connectivity index (χ1v) is 7.69. The van der Waals surface area contributed by atoms with Gasteiger partial charge in [-0.1, -0.05) is 28.1 Å². The van der Waals surface area contributed by atoms with Crippen LogP contribution in [-0.4, -0.2) is 13.0 Å². The number of hydrogen-bond donors (Lipinski definition) is 1. The number of ether oxygens (including phenoxy) is 1. The van der Waals surface area contributed by atoms with Crippen molar-refractivity contribution in [3.05, 3.63) is 69.2 Å². The van der Waals surface area contributed by atoms with E-state index in [1.165, 1.54) is 7.11 Å². The standard InChI is InChI=1S/C17H13BrF2N2O2/c1-24-16(15-13(19)6-12(18)7-14(15)20)17(23)22-9-11-4-2-10(8-21)3-5-11/h2-7,16H,9H2,1H3,(H,22,23)/t16-/m0/s1. The topological polar surface area (TPSA) is 62.1 Å². The second-order valence-corrected chi connectivity index (χ2v) is 5.84. The fourth-order valence-electron chi connectivity index (χ4n) is 2.14. The molecule has 0 radical (unpaired) electrons. The summed E-state index contributed by atoms with van der Waals surface area (Å²) in [6, 6.07) is 10.7. The number of benzene rings is 2. The van der Waals surface area contributed by atoms with E-state index in [2.05, 4.69) is 21.2 Å². The van der Waals surface area contributed by atoms with Crippen LogP contribution in [0.3, 0.4) is 0 Å². The number of nitrogens with zero attached hydrogens (tertiary/aromatic N) is 1. The number of carbonyl (C=O) groups excluding carboxylic acids is 1. The monoisotopic (exact) mass is 394 g/mol. The zero-order chi connectivity index (χ0) is 17.7. The molecule has 2 rings (SSSR count). The largest absolute Gasteiger partial charge is 0.367 e. The number of nitriles is 1. The van der Waals surface area contributed by atoms with E-state index < -0.39 is 29.2 Å². The summed E-state index contributed by atoms with van der Waals surface area (Å²) in [5.41, 5.74) is 0.797. The van der Waals surface area contributed by atoms with Gasteiger partial charge in [0.05, 0.1) is 17.2 Å². The van der Waals surface area contributed by atoms with Crippen LogP contribution in [0.2, 0.25) is 0 Å². The Morgan fingerprint density at radius 1 is 1.29 bits per heavy atom. The fraction of sp³-hybridized carbons (Fsp3) is 0.176. The molecule has 0 aliphatic carbocycles. The molecule has 0 heterocycles. The lowest BCUT2D eigenvalue weighted by molar-refractivity contribution is -0.131. The van der Waals surface area contributed by atoms with Gasteiger partial charge < -0.3 is 10.1 Å². The molecule has 2 aromatic rings. The Bertz CT molecular complexity index is 765. The van der Waals surface area contributed by atoms with Gasteiger partial charge in [-0.15, -0.1) is 0 Å². The van der Waals surface area contributed by atoms with Gasteiger partial charge in [0.2, 0.25) is 0 Å². The predicted octanol–water partition coefficient (Wildman–Crippen LogP) is 3.60. The molecule has 0 fully saturated rings. The zero-order valence-electron chi connectivity index (χ0n) is 12.6. The van der Waals surface area contributed by atoms with Gasteiger partial charge in [-0.25, -0.2) is 8.78 Å². The van der Waals surface area contributed by atoms with Crippen molar-refractivity contribution in [1.29, 1.82) is 5.26 Å². The third-order valence-corrected chi connectivity index (χ3v) is 3.79. The van der Waals surface area contributed by atoms with E-state index in [-0.39, 0.29) is 11.0 Å². The Morgan fingerprint density at radius 3 is 2.38 bits per heavy atom. The summed E-state index contributed by atoms with van der Waals surface area (Å²) in [6.07, 6.45) is -1.41. The second kappa shape index (κ2) is 7.99. The molecule has 0 bridgehead atoms. The number of methoxy groups -OCH3 is 1. The molecule has 24 heavy (non-hydrogen) atoms. The van der Waals surface area contributed by atoms with Crippen LogP contribution in [0.25, 0.3) is 0 Å². The molecule has 0 saturated carbocycles. The minimum Gasteiger partial charge on any atom is -0.367 e. The summed E-state index contributed by atoms with van der Waals surface area (Å²) in [6.45, 7) is 0.143. The first-order chi connectivity index (χ1) is 11.5. The van der Waals surface area contributed by atoms with Crippen LogP contribution in [0.5, 0.6) is 0 Å². The second-order valence-electron chi connectivity index (χ2n) is 4.93. The van der Waals surface area contributed by atoms with Gasteiger partial charge in [0, 0.05) is 18.1 Å². The maximum Gasteiger partial charge on any atom is 0.254 e. The van der Waals surface area contributed by atoms with E-state index in [1.54, 1.807) is 24.3 Å². The van der Waals surface area contributed by atoms with Gasteiger partial charge in [-0.05, 0) is 29.8 Å². The highest BCUT2D eigenvalue weighted by Gasteiger charge is 2.27. The molecule has 1 N–H and O–H groups in total. The summed E-state index contributed by atoms with van der Waals surface area (Å²) in [7, 11) is 1.20. The molecule has 0 aliphatic rings. The number of amides is 1. The molecule has 0 unspecified atom stereocenters. The minimum absolute atomic E-state index is 0.143. The van der Waals surface area contributed by atoms with Crippen molar-refractivity contribution >= 4 is 21.8 Å². The maximum atomic E-state index is 14.0. The van der Waals surface area contributed by atoms with Crippen molar-refractivity contribution in [2.45, 2.75) is 12.6 Å². The molecule has 124 valence electrons. The molecule has 0 saturated heterocycles. The Hall–Kier alpha value is -2.30. The predicted molar refractivity (Wildman–Crippen MR) is 86.8 cm³/mol. The Labute approximate surface area is 146 Å². The van der Waals surface area contributed by atoms with Gasteiger partial charge >= 0.3 is 0 Å². The first kappa shape index (κ1) is 18.0. The third-order valence-electron chi connectivity index (χ3n) is 3.33. The van der Waals surface area contributed by atoms with Crippen LogP contribution in [0.4, 0.5) is 8.78 Å². The lowest BCUT2D eigenvalue weighted by Gasteiger charge is -2.17. The van der Waals surface area contributed by atoms with E-state index >= 15 is 0 Å². The van der Waals surface area contributed by atoms with E-state index in [0.717, 1.165) is 17.7 Å². The van der Waals surface area contributed by atoms with Gasteiger partial charge in [-0.3, -0.25) is 4.79 Å². The van der Waals surface area contributed by atoms with Crippen molar-refractivity contribution in [2.75, 3.05) is 7.11 Å². The Balaban J connectivity index is 2.13. The molecule has 1 atom stereocenters. The van der Waals surface area contributed by atoms with Gasteiger partial charge in [0.15, 0.2) is 6.10 Å². The lowest BCUT2D eigenvalue weighted by atomic mass is 10.1. The smallest absolute Gasteiger partial charge is 0.254 e. The average molecular weight is 395 g/mol. The van der Waals surface area contributed by atoms with Crippen LogP contribution >= 0.6 is 15.9 Å². The van der Waals surface area contributed by atoms with E-state index in [0.29, 0.717) is 5.56 Å². The lowest BCUT2D eigenvalue weighted by Crippen LogP contribution is -2.31. The van der Waals surface area contributed by atoms with E-state index in [1.807, 2.05) is 6.07 Å². The summed E-state index contributed by atoms with van der Waals surface area (Å²) in [5.74, 6) is -2.41. The zero-order valence-corrected chi connectivity index (χ0v) is 14.2. The summed E-state index contributed by atoms with van der Waals surface area (Å²) >= 11 is 2.98. The molecule has 0 aromatic heterocycles. The van der Waals surface area contributed by atoms with Crippen LogP contribution < -0.4 is 5.32 Å². The summed E-state index contributed by atoms with van der Waals surface area (Å²) in [4.78, 5) is 12.2. The van der Waals surface area contributed by atoms with Crippen molar-refractivity contribution in [3.8, 4) is 6.07 Å².